The van der Waals surface area contributed by atoms with Crippen molar-refractivity contribution in [1.82, 2.24) is 14.7 Å². The van der Waals surface area contributed by atoms with Gasteiger partial charge >= 0.3 is 5.97 Å². The van der Waals surface area contributed by atoms with E-state index in [1.165, 1.54) is 11.8 Å². The molecule has 0 unspecified atom stereocenters. The lowest BCUT2D eigenvalue weighted by molar-refractivity contribution is -0.128. The van der Waals surface area contributed by atoms with Crippen molar-refractivity contribution in [2.75, 3.05) is 25.5 Å². The highest BCUT2D eigenvalue weighted by molar-refractivity contribution is 8.00. The summed E-state index contributed by atoms with van der Waals surface area (Å²) in [7, 11) is 0. The summed E-state index contributed by atoms with van der Waals surface area (Å²) in [6.45, 7) is 2.06. The highest BCUT2D eigenvalue weighted by Crippen LogP contribution is 2.40. The number of carbonyl (C=O) groups is 2. The molecule has 1 amide bonds. The van der Waals surface area contributed by atoms with Crippen LogP contribution in [0.4, 0.5) is 0 Å². The molecule has 1 fully saturated rings. The Morgan fingerprint density at radius 3 is 2.84 bits per heavy atom. The molecule has 7 nitrogen and oxygen atoms in total. The topological polar surface area (TPSA) is 84.7 Å². The molecule has 1 aliphatic heterocycles. The predicted octanol–water partition coefficient (Wildman–Crippen LogP) is 1.62. The molecule has 1 saturated heterocycles. The minimum absolute atomic E-state index is 0.0636. The average Bonchev–Trinajstić information content (AvgIpc) is 3.21. The monoisotopic (exact) mass is 361 g/mol. The molecule has 132 valence electrons. The third kappa shape index (κ3) is 3.54. The van der Waals surface area contributed by atoms with Crippen LogP contribution in [0.15, 0.2) is 36.5 Å². The lowest BCUT2D eigenvalue weighted by Crippen LogP contribution is -2.31. The molecule has 1 aliphatic rings. The van der Waals surface area contributed by atoms with Crippen LogP contribution in [0.5, 0.6) is 0 Å². The van der Waals surface area contributed by atoms with Crippen molar-refractivity contribution < 1.29 is 19.4 Å². The summed E-state index contributed by atoms with van der Waals surface area (Å²) in [6, 6.07) is 9.42. The van der Waals surface area contributed by atoms with E-state index in [1.54, 1.807) is 22.7 Å². The number of aliphatic hydroxyl groups is 1. The van der Waals surface area contributed by atoms with E-state index in [4.69, 9.17) is 4.74 Å². The SMILES string of the molecule is CCOC(=O)c1nn(-c2ccccc2)cc1[C@H]1SCC(=O)N1CCO. The van der Waals surface area contributed by atoms with Crippen molar-refractivity contribution in [2.45, 2.75) is 12.3 Å². The zero-order chi connectivity index (χ0) is 17.8. The van der Waals surface area contributed by atoms with Crippen LogP contribution in [-0.4, -0.2) is 57.2 Å². The van der Waals surface area contributed by atoms with Crippen LogP contribution in [0.25, 0.3) is 5.69 Å². The summed E-state index contributed by atoms with van der Waals surface area (Å²) in [5.41, 5.74) is 1.62. The molecule has 25 heavy (non-hydrogen) atoms. The Bertz CT molecular complexity index is 763. The van der Waals surface area contributed by atoms with Gasteiger partial charge in [0.25, 0.3) is 0 Å². The van der Waals surface area contributed by atoms with E-state index in [1.807, 2.05) is 30.3 Å². The molecule has 1 aromatic carbocycles. The van der Waals surface area contributed by atoms with Crippen LogP contribution in [0.2, 0.25) is 0 Å². The van der Waals surface area contributed by atoms with E-state index >= 15 is 0 Å². The summed E-state index contributed by atoms with van der Waals surface area (Å²) >= 11 is 1.41. The van der Waals surface area contributed by atoms with Gasteiger partial charge in [-0.05, 0) is 19.1 Å². The Hall–Kier alpha value is -2.32. The Morgan fingerprint density at radius 1 is 1.40 bits per heavy atom. The highest BCUT2D eigenvalue weighted by Gasteiger charge is 2.36. The van der Waals surface area contributed by atoms with Crippen molar-refractivity contribution in [2.24, 2.45) is 0 Å². The molecule has 1 atom stereocenters. The summed E-state index contributed by atoms with van der Waals surface area (Å²) in [6.07, 6.45) is 1.75. The molecule has 0 saturated carbocycles. The molecule has 0 aliphatic carbocycles. The lowest BCUT2D eigenvalue weighted by Gasteiger charge is -2.22. The Labute approximate surface area is 149 Å². The first kappa shape index (κ1) is 17.5. The van der Waals surface area contributed by atoms with E-state index in [0.717, 1.165) is 5.69 Å². The lowest BCUT2D eigenvalue weighted by atomic mass is 10.2. The molecule has 3 rings (SSSR count). The van der Waals surface area contributed by atoms with Gasteiger partial charge in [-0.25, -0.2) is 9.48 Å². The van der Waals surface area contributed by atoms with Crippen LogP contribution >= 0.6 is 11.8 Å². The molecule has 0 spiro atoms. The van der Waals surface area contributed by atoms with Gasteiger partial charge in [0.15, 0.2) is 5.69 Å². The number of aliphatic hydroxyl groups excluding tert-OH is 1. The van der Waals surface area contributed by atoms with Gasteiger partial charge in [-0.3, -0.25) is 4.79 Å². The molecule has 8 heteroatoms. The molecule has 2 aromatic rings. The Kier molecular flexibility index (Phi) is 5.40. The van der Waals surface area contributed by atoms with Crippen LogP contribution in [0, 0.1) is 0 Å². The maximum Gasteiger partial charge on any atom is 0.359 e. The summed E-state index contributed by atoms with van der Waals surface area (Å²) in [5.74, 6) is -0.272. The maximum atomic E-state index is 12.4. The van der Waals surface area contributed by atoms with Gasteiger partial charge in [0.05, 0.1) is 24.7 Å². The van der Waals surface area contributed by atoms with Crippen molar-refractivity contribution in [1.29, 1.82) is 0 Å². The van der Waals surface area contributed by atoms with E-state index in [-0.39, 0.29) is 36.7 Å². The Balaban J connectivity index is 2.03. The first-order chi connectivity index (χ1) is 12.2. The minimum Gasteiger partial charge on any atom is -0.461 e. The second-order valence-electron chi connectivity index (χ2n) is 5.41. The number of β-amino-alcohol motifs (C(OH)–C–C–N with tert-alkyl or cyclic N) is 1. The van der Waals surface area contributed by atoms with Crippen molar-refractivity contribution in [3.8, 4) is 5.69 Å². The van der Waals surface area contributed by atoms with E-state index < -0.39 is 5.97 Å². The summed E-state index contributed by atoms with van der Waals surface area (Å²) in [5, 5.41) is 13.3. The average molecular weight is 361 g/mol. The largest absolute Gasteiger partial charge is 0.461 e. The summed E-state index contributed by atoms with van der Waals surface area (Å²) in [4.78, 5) is 26.0. The second-order valence-corrected chi connectivity index (χ2v) is 6.48. The number of para-hydroxylation sites is 1. The van der Waals surface area contributed by atoms with E-state index in [2.05, 4.69) is 5.10 Å². The Morgan fingerprint density at radius 2 is 2.16 bits per heavy atom. The number of amides is 1. The molecule has 1 aromatic heterocycles. The fourth-order valence-corrected chi connectivity index (χ4v) is 3.92. The van der Waals surface area contributed by atoms with Gasteiger partial charge in [-0.2, -0.15) is 5.10 Å². The zero-order valence-electron chi connectivity index (χ0n) is 13.8. The third-order valence-corrected chi connectivity index (χ3v) is 5.04. The number of carbonyl (C=O) groups excluding carboxylic acids is 2. The molecule has 2 heterocycles. The number of hydrogen-bond acceptors (Lipinski definition) is 6. The van der Waals surface area contributed by atoms with E-state index in [9.17, 15) is 14.7 Å². The normalized spacial score (nSPS) is 17.1. The second kappa shape index (κ2) is 7.71. The van der Waals surface area contributed by atoms with Gasteiger partial charge in [-0.1, -0.05) is 18.2 Å². The highest BCUT2D eigenvalue weighted by atomic mass is 32.2. The van der Waals surface area contributed by atoms with Gasteiger partial charge < -0.3 is 14.7 Å². The van der Waals surface area contributed by atoms with Gasteiger partial charge in [0.2, 0.25) is 5.91 Å². The number of thioether (sulfide) groups is 1. The number of nitrogens with zero attached hydrogens (tertiary/aromatic N) is 3. The van der Waals surface area contributed by atoms with Crippen LogP contribution < -0.4 is 0 Å². The first-order valence-electron chi connectivity index (χ1n) is 7.99. The number of rotatable bonds is 6. The maximum absolute atomic E-state index is 12.4. The van der Waals surface area contributed by atoms with Gasteiger partial charge in [-0.15, -0.1) is 11.8 Å². The number of hydrogen-bond donors (Lipinski definition) is 1. The standard InChI is InChI=1S/C17H19N3O4S/c1-2-24-17(23)15-13(16-19(8-9-21)14(22)11-25-16)10-20(18-15)12-6-4-3-5-7-12/h3-7,10,16,21H,2,8-9,11H2,1H3/t16-/m1/s1. The quantitative estimate of drug-likeness (QED) is 0.787. The van der Waals surface area contributed by atoms with Gasteiger partial charge in [0, 0.05) is 18.3 Å². The van der Waals surface area contributed by atoms with Crippen molar-refractivity contribution >= 4 is 23.6 Å². The van der Waals surface area contributed by atoms with Gasteiger partial charge in [0.1, 0.15) is 5.37 Å². The van der Waals surface area contributed by atoms with Crippen molar-refractivity contribution in [3.05, 3.63) is 47.8 Å². The van der Waals surface area contributed by atoms with Crippen LogP contribution in [-0.2, 0) is 9.53 Å². The van der Waals surface area contributed by atoms with Crippen LogP contribution in [0.1, 0.15) is 28.3 Å². The summed E-state index contributed by atoms with van der Waals surface area (Å²) < 4.78 is 6.74. The first-order valence-corrected chi connectivity index (χ1v) is 9.04. The molecule has 0 radical (unpaired) electrons. The zero-order valence-corrected chi connectivity index (χ0v) is 14.6. The molecular weight excluding hydrogens is 342 g/mol. The molecular formula is C17H19N3O4S. The fraction of sp³-hybridized carbons (Fsp3) is 0.353. The third-order valence-electron chi connectivity index (χ3n) is 3.81. The van der Waals surface area contributed by atoms with E-state index in [0.29, 0.717) is 11.3 Å². The smallest absolute Gasteiger partial charge is 0.359 e. The van der Waals surface area contributed by atoms with Crippen LogP contribution in [0.3, 0.4) is 0 Å². The van der Waals surface area contributed by atoms with Crippen molar-refractivity contribution in [3.63, 3.8) is 0 Å². The fourth-order valence-electron chi connectivity index (χ4n) is 2.70. The molecule has 0 bridgehead atoms. The predicted molar refractivity (Wildman–Crippen MR) is 93.5 cm³/mol. The number of benzene rings is 1. The number of esters is 1. The molecule has 1 N–H and O–H groups in total. The number of ether oxygens (including phenoxy) is 1. The minimum atomic E-state index is -0.518. The number of aromatic nitrogens is 2.